The molecule has 0 radical (unpaired) electrons. The molecule has 2 rings (SSSR count). The van der Waals surface area contributed by atoms with Crippen molar-refractivity contribution < 1.29 is 19.1 Å². The van der Waals surface area contributed by atoms with Gasteiger partial charge in [0.25, 0.3) is 11.8 Å². The van der Waals surface area contributed by atoms with Crippen molar-refractivity contribution in [1.29, 1.82) is 0 Å². The summed E-state index contributed by atoms with van der Waals surface area (Å²) < 4.78 is 5.13. The van der Waals surface area contributed by atoms with Crippen LogP contribution in [0.3, 0.4) is 0 Å². The molecule has 1 aliphatic heterocycles. The summed E-state index contributed by atoms with van der Waals surface area (Å²) in [5, 5.41) is 2.60. The Labute approximate surface area is 143 Å². The topological polar surface area (TPSA) is 75.7 Å². The first-order valence-corrected chi connectivity index (χ1v) is 8.20. The molecule has 1 atom stereocenters. The highest BCUT2D eigenvalue weighted by atomic mass is 79.9. The van der Waals surface area contributed by atoms with Gasteiger partial charge in [0.05, 0.1) is 16.1 Å². The lowest BCUT2D eigenvalue weighted by molar-refractivity contribution is 0.0525. The molecule has 0 saturated carbocycles. The molecular formula is C16H19BrN2O4. The Morgan fingerprint density at radius 3 is 2.22 bits per heavy atom. The summed E-state index contributed by atoms with van der Waals surface area (Å²) in [6, 6.07) is 6.71. The third-order valence-corrected chi connectivity index (χ3v) is 4.02. The van der Waals surface area contributed by atoms with Gasteiger partial charge in [0.15, 0.2) is 0 Å². The monoisotopic (exact) mass is 382 g/mol. The molecule has 0 aliphatic carbocycles. The summed E-state index contributed by atoms with van der Waals surface area (Å²) in [6.45, 7) is 5.61. The lowest BCUT2D eigenvalue weighted by Gasteiger charge is -2.22. The van der Waals surface area contributed by atoms with Crippen LogP contribution in [0.5, 0.6) is 0 Å². The molecule has 0 spiro atoms. The van der Waals surface area contributed by atoms with E-state index in [1.807, 2.05) is 0 Å². The molecule has 1 aliphatic rings. The molecule has 23 heavy (non-hydrogen) atoms. The number of amides is 3. The maximum atomic E-state index is 12.3. The number of hydrogen-bond acceptors (Lipinski definition) is 4. The number of carbonyl (C=O) groups excluding carboxylic acids is 3. The third-order valence-electron chi connectivity index (χ3n) is 3.16. The highest BCUT2D eigenvalue weighted by molar-refractivity contribution is 9.09. The van der Waals surface area contributed by atoms with Crippen molar-refractivity contribution in [1.82, 2.24) is 10.2 Å². The highest BCUT2D eigenvalue weighted by Crippen LogP contribution is 2.27. The Kier molecular flexibility index (Phi) is 5.09. The average molecular weight is 383 g/mol. The van der Waals surface area contributed by atoms with Crippen LogP contribution in [0.4, 0.5) is 4.79 Å². The molecule has 0 bridgehead atoms. The van der Waals surface area contributed by atoms with E-state index in [1.54, 1.807) is 45.0 Å². The van der Waals surface area contributed by atoms with Crippen LogP contribution in [0.25, 0.3) is 0 Å². The van der Waals surface area contributed by atoms with E-state index in [2.05, 4.69) is 21.2 Å². The molecule has 6 nitrogen and oxygen atoms in total. The number of halogens is 1. The van der Waals surface area contributed by atoms with Gasteiger partial charge >= 0.3 is 6.09 Å². The number of ether oxygens (including phenoxy) is 1. The van der Waals surface area contributed by atoms with Gasteiger partial charge in [-0.05, 0) is 39.3 Å². The van der Waals surface area contributed by atoms with Gasteiger partial charge in [0, 0.05) is 6.54 Å². The summed E-state index contributed by atoms with van der Waals surface area (Å²) in [6.07, 6.45) is -0.149. The molecule has 3 amide bonds. The van der Waals surface area contributed by atoms with Crippen LogP contribution in [0.1, 0.15) is 47.9 Å². The molecule has 7 heteroatoms. The van der Waals surface area contributed by atoms with Gasteiger partial charge in [-0.3, -0.25) is 14.5 Å². The summed E-state index contributed by atoms with van der Waals surface area (Å²) in [5.74, 6) is -0.658. The molecule has 1 unspecified atom stereocenters. The number of nitrogens with one attached hydrogen (secondary N) is 1. The molecule has 1 aromatic carbocycles. The second-order valence-electron chi connectivity index (χ2n) is 6.18. The second-order valence-corrected chi connectivity index (χ2v) is 7.23. The van der Waals surface area contributed by atoms with Gasteiger partial charge in [-0.1, -0.05) is 28.1 Å². The third kappa shape index (κ3) is 4.10. The molecule has 0 saturated heterocycles. The zero-order valence-electron chi connectivity index (χ0n) is 13.3. The number of hydrogen-bond donors (Lipinski definition) is 1. The number of fused-ring (bicyclic) bond motifs is 1. The normalized spacial score (nSPS) is 15.4. The molecule has 124 valence electrons. The van der Waals surface area contributed by atoms with Crippen LogP contribution in [0, 0.1) is 0 Å². The maximum absolute atomic E-state index is 12.3. The number of benzene rings is 1. The first-order valence-electron chi connectivity index (χ1n) is 7.28. The van der Waals surface area contributed by atoms with E-state index in [0.717, 1.165) is 0 Å². The van der Waals surface area contributed by atoms with Gasteiger partial charge in [-0.25, -0.2) is 4.79 Å². The quantitative estimate of drug-likeness (QED) is 0.493. The lowest BCUT2D eigenvalue weighted by atomic mass is 10.1. The van der Waals surface area contributed by atoms with E-state index >= 15 is 0 Å². The van der Waals surface area contributed by atoms with Crippen molar-refractivity contribution in [3.8, 4) is 0 Å². The van der Waals surface area contributed by atoms with Crippen LogP contribution in [0.15, 0.2) is 24.3 Å². The van der Waals surface area contributed by atoms with Crippen molar-refractivity contribution in [2.75, 3.05) is 6.54 Å². The number of carbonyl (C=O) groups is 3. The molecular weight excluding hydrogens is 364 g/mol. The molecule has 1 aromatic rings. The van der Waals surface area contributed by atoms with Gasteiger partial charge in [-0.2, -0.15) is 0 Å². The molecule has 1 N–H and O–H groups in total. The van der Waals surface area contributed by atoms with Crippen LogP contribution >= 0.6 is 15.9 Å². The minimum Gasteiger partial charge on any atom is -0.444 e. The second kappa shape index (κ2) is 6.70. The van der Waals surface area contributed by atoms with Gasteiger partial charge in [0.2, 0.25) is 0 Å². The van der Waals surface area contributed by atoms with E-state index in [0.29, 0.717) is 17.5 Å². The number of alkyl halides is 1. The average Bonchev–Trinajstić information content (AvgIpc) is 2.69. The maximum Gasteiger partial charge on any atom is 0.407 e. The molecule has 1 heterocycles. The Bertz CT molecular complexity index is 604. The van der Waals surface area contributed by atoms with E-state index in [1.165, 1.54) is 4.90 Å². The van der Waals surface area contributed by atoms with Crippen molar-refractivity contribution >= 4 is 33.8 Å². The molecule has 0 fully saturated rings. The SMILES string of the molecule is CC(C)(C)OC(=O)NCCC(Br)N1C(=O)c2ccccc2C1=O. The fourth-order valence-corrected chi connectivity index (χ4v) is 2.80. The summed E-state index contributed by atoms with van der Waals surface area (Å²) in [7, 11) is 0. The minimum atomic E-state index is -0.569. The summed E-state index contributed by atoms with van der Waals surface area (Å²) in [4.78, 5) is 36.8. The number of nitrogens with zero attached hydrogens (tertiary/aromatic N) is 1. The smallest absolute Gasteiger partial charge is 0.407 e. The first-order chi connectivity index (χ1) is 10.7. The lowest BCUT2D eigenvalue weighted by Crippen LogP contribution is -2.39. The zero-order chi connectivity index (χ0) is 17.2. The largest absolute Gasteiger partial charge is 0.444 e. The van der Waals surface area contributed by atoms with Crippen LogP contribution < -0.4 is 5.32 Å². The fraction of sp³-hybridized carbons (Fsp3) is 0.438. The zero-order valence-corrected chi connectivity index (χ0v) is 14.8. The van der Waals surface area contributed by atoms with Gasteiger partial charge < -0.3 is 10.1 Å². The Hall–Kier alpha value is -1.89. The number of imide groups is 1. The summed E-state index contributed by atoms with van der Waals surface area (Å²) in [5.41, 5.74) is 0.240. The van der Waals surface area contributed by atoms with Gasteiger partial charge in [-0.15, -0.1) is 0 Å². The predicted molar refractivity (Wildman–Crippen MR) is 88.5 cm³/mol. The van der Waals surface area contributed by atoms with Crippen molar-refractivity contribution in [2.45, 2.75) is 37.7 Å². The van der Waals surface area contributed by atoms with E-state index in [9.17, 15) is 14.4 Å². The number of rotatable bonds is 4. The van der Waals surface area contributed by atoms with Crippen LogP contribution in [-0.4, -0.2) is 39.9 Å². The molecule has 0 aromatic heterocycles. The Morgan fingerprint density at radius 2 is 1.74 bits per heavy atom. The van der Waals surface area contributed by atoms with E-state index < -0.39 is 16.6 Å². The van der Waals surface area contributed by atoms with Gasteiger partial charge in [0.1, 0.15) is 5.60 Å². The standard InChI is InChI=1S/C16H19BrN2O4/c1-16(2,3)23-15(22)18-9-8-12(17)19-13(20)10-6-4-5-7-11(10)14(19)21/h4-7,12H,8-9H2,1-3H3,(H,18,22). The highest BCUT2D eigenvalue weighted by Gasteiger charge is 2.38. The first kappa shape index (κ1) is 17.5. The minimum absolute atomic E-state index is 0.276. The van der Waals surface area contributed by atoms with Crippen LogP contribution in [0.2, 0.25) is 0 Å². The fourth-order valence-electron chi connectivity index (χ4n) is 2.20. The predicted octanol–water partition coefficient (Wildman–Crippen LogP) is 2.92. The van der Waals surface area contributed by atoms with Crippen molar-refractivity contribution in [3.63, 3.8) is 0 Å². The Morgan fingerprint density at radius 1 is 1.22 bits per heavy atom. The van der Waals surface area contributed by atoms with Crippen LogP contribution in [-0.2, 0) is 4.74 Å². The van der Waals surface area contributed by atoms with E-state index in [-0.39, 0.29) is 18.4 Å². The van der Waals surface area contributed by atoms with E-state index in [4.69, 9.17) is 4.74 Å². The van der Waals surface area contributed by atoms with Crippen molar-refractivity contribution in [2.24, 2.45) is 0 Å². The number of alkyl carbamates (subject to hydrolysis) is 1. The Balaban J connectivity index is 1.90. The van der Waals surface area contributed by atoms with Crippen molar-refractivity contribution in [3.05, 3.63) is 35.4 Å². The summed E-state index contributed by atoms with van der Waals surface area (Å²) >= 11 is 3.35.